The van der Waals surface area contributed by atoms with Gasteiger partial charge in [-0.25, -0.2) is 4.79 Å². The van der Waals surface area contributed by atoms with E-state index in [4.69, 9.17) is 32.9 Å². The van der Waals surface area contributed by atoms with Gasteiger partial charge >= 0.3 is 6.03 Å². The number of amides is 3. The molecule has 2 aliphatic heterocycles. The van der Waals surface area contributed by atoms with Crippen LogP contribution in [0.1, 0.15) is 56.7 Å². The zero-order valence-electron chi connectivity index (χ0n) is 23.9. The number of ether oxygens (including phenoxy) is 1. The SMILES string of the molecule is C[C@H](Oc1cccnc1C1CCN(C(=O)[C@@H](Cc2ccc(Cl)cc2Cl)NC(=O)N2CCCC2)CC1)[C@@H](C)N(C)C. The average Bonchev–Trinajstić information content (AvgIpc) is 3.49. The number of nitrogens with one attached hydrogen (secondary N) is 1. The highest BCUT2D eigenvalue weighted by Crippen LogP contribution is 2.34. The molecule has 10 heteroatoms. The van der Waals surface area contributed by atoms with Crippen LogP contribution in [0.4, 0.5) is 4.79 Å². The van der Waals surface area contributed by atoms with Crippen molar-refractivity contribution in [3.63, 3.8) is 0 Å². The Morgan fingerprint density at radius 1 is 1.07 bits per heavy atom. The molecule has 3 atom stereocenters. The maximum atomic E-state index is 13.8. The molecule has 2 saturated heterocycles. The van der Waals surface area contributed by atoms with Gasteiger partial charge in [0, 0.05) is 60.8 Å². The third kappa shape index (κ3) is 7.59. The Balaban J connectivity index is 1.44. The fraction of sp³-hybridized carbons (Fsp3) is 0.567. The molecule has 40 heavy (non-hydrogen) atoms. The van der Waals surface area contributed by atoms with E-state index in [1.165, 1.54) is 0 Å². The van der Waals surface area contributed by atoms with Crippen molar-refractivity contribution in [1.82, 2.24) is 25.0 Å². The van der Waals surface area contributed by atoms with Crippen LogP contribution in [0.15, 0.2) is 36.5 Å². The summed E-state index contributed by atoms with van der Waals surface area (Å²) in [4.78, 5) is 37.3. The Kier molecular flexibility index (Phi) is 10.6. The van der Waals surface area contributed by atoms with Gasteiger partial charge in [-0.2, -0.15) is 0 Å². The summed E-state index contributed by atoms with van der Waals surface area (Å²) in [5, 5.41) is 4.02. The number of carbonyl (C=O) groups is 2. The lowest BCUT2D eigenvalue weighted by Gasteiger charge is -2.35. The summed E-state index contributed by atoms with van der Waals surface area (Å²) in [6, 6.07) is 8.45. The molecule has 3 amide bonds. The summed E-state index contributed by atoms with van der Waals surface area (Å²) < 4.78 is 6.35. The van der Waals surface area contributed by atoms with E-state index in [1.807, 2.05) is 37.2 Å². The molecule has 1 aromatic carbocycles. The molecule has 1 N–H and O–H groups in total. The lowest BCUT2D eigenvalue weighted by molar-refractivity contribution is -0.134. The number of hydrogen-bond donors (Lipinski definition) is 1. The first-order valence-electron chi connectivity index (χ1n) is 14.2. The number of pyridine rings is 1. The molecule has 218 valence electrons. The third-order valence-electron chi connectivity index (χ3n) is 8.23. The number of likely N-dealkylation sites (tertiary alicyclic amines) is 2. The molecule has 0 aliphatic carbocycles. The van der Waals surface area contributed by atoms with Crippen molar-refractivity contribution < 1.29 is 14.3 Å². The van der Waals surface area contributed by atoms with E-state index in [0.29, 0.717) is 42.6 Å². The van der Waals surface area contributed by atoms with Gasteiger partial charge in [0.25, 0.3) is 0 Å². The van der Waals surface area contributed by atoms with Crippen LogP contribution in [0, 0.1) is 0 Å². The summed E-state index contributed by atoms with van der Waals surface area (Å²) in [6.07, 6.45) is 5.60. The molecule has 0 saturated carbocycles. The number of rotatable bonds is 9. The highest BCUT2D eigenvalue weighted by atomic mass is 35.5. The fourth-order valence-corrected chi connectivity index (χ4v) is 5.87. The number of piperidine rings is 1. The summed E-state index contributed by atoms with van der Waals surface area (Å²) in [5.74, 6) is 0.898. The van der Waals surface area contributed by atoms with Crippen molar-refractivity contribution in [2.24, 2.45) is 0 Å². The van der Waals surface area contributed by atoms with E-state index in [0.717, 1.165) is 42.7 Å². The number of aromatic nitrogens is 1. The van der Waals surface area contributed by atoms with Gasteiger partial charge in [0.05, 0.1) is 5.69 Å². The molecule has 3 heterocycles. The van der Waals surface area contributed by atoms with Crippen LogP contribution in [-0.2, 0) is 11.2 Å². The lowest BCUT2D eigenvalue weighted by Crippen LogP contribution is -2.54. The molecule has 2 fully saturated rings. The predicted molar refractivity (Wildman–Crippen MR) is 159 cm³/mol. The first-order valence-corrected chi connectivity index (χ1v) is 15.0. The number of benzene rings is 1. The summed E-state index contributed by atoms with van der Waals surface area (Å²) in [5.41, 5.74) is 1.72. The Bertz CT molecular complexity index is 1170. The van der Waals surface area contributed by atoms with E-state index >= 15 is 0 Å². The highest BCUT2D eigenvalue weighted by molar-refractivity contribution is 6.35. The molecule has 2 aliphatic rings. The van der Waals surface area contributed by atoms with Crippen molar-refractivity contribution in [3.05, 3.63) is 57.8 Å². The quantitative estimate of drug-likeness (QED) is 0.433. The topological polar surface area (TPSA) is 78.0 Å². The molecule has 0 spiro atoms. The van der Waals surface area contributed by atoms with Crippen molar-refractivity contribution in [3.8, 4) is 5.75 Å². The first-order chi connectivity index (χ1) is 19.1. The lowest BCUT2D eigenvalue weighted by atomic mass is 9.91. The van der Waals surface area contributed by atoms with Crippen LogP contribution in [0.2, 0.25) is 10.0 Å². The zero-order valence-corrected chi connectivity index (χ0v) is 25.4. The van der Waals surface area contributed by atoms with E-state index < -0.39 is 6.04 Å². The smallest absolute Gasteiger partial charge is 0.318 e. The number of hydrogen-bond acceptors (Lipinski definition) is 5. The van der Waals surface area contributed by atoms with Gasteiger partial charge in [0.15, 0.2) is 0 Å². The fourth-order valence-electron chi connectivity index (χ4n) is 5.39. The largest absolute Gasteiger partial charge is 0.487 e. The van der Waals surface area contributed by atoms with Crippen LogP contribution in [0.3, 0.4) is 0 Å². The zero-order chi connectivity index (χ0) is 28.8. The Labute approximate surface area is 248 Å². The summed E-state index contributed by atoms with van der Waals surface area (Å²) >= 11 is 12.5. The Hall–Kier alpha value is -2.55. The van der Waals surface area contributed by atoms with Crippen LogP contribution < -0.4 is 10.1 Å². The standard InChI is InChI=1S/C30H41Cl2N5O3/c1-20(35(3)4)21(2)40-27-8-7-13-33-28(27)22-11-16-36(17-12-22)29(38)26(34-30(39)37-14-5-6-15-37)18-23-9-10-24(31)19-25(23)32/h7-10,13,19-22,26H,5-6,11-12,14-18H2,1-4H3,(H,34,39)/t20-,21+,26-/m1/s1. The van der Waals surface area contributed by atoms with Gasteiger partial charge < -0.3 is 24.8 Å². The summed E-state index contributed by atoms with van der Waals surface area (Å²) in [7, 11) is 4.09. The molecule has 8 nitrogen and oxygen atoms in total. The van der Waals surface area contributed by atoms with E-state index in [-0.39, 0.29) is 30.0 Å². The molecule has 0 radical (unpaired) electrons. The third-order valence-corrected chi connectivity index (χ3v) is 8.81. The first kappa shape index (κ1) is 30.4. The molecule has 2 aromatic rings. The minimum Gasteiger partial charge on any atom is -0.487 e. The van der Waals surface area contributed by atoms with Gasteiger partial charge in [0.1, 0.15) is 17.9 Å². The predicted octanol–water partition coefficient (Wildman–Crippen LogP) is 5.23. The average molecular weight is 591 g/mol. The van der Waals surface area contributed by atoms with Gasteiger partial charge in [-0.1, -0.05) is 29.3 Å². The normalized spacial score (nSPS) is 18.5. The van der Waals surface area contributed by atoms with Crippen LogP contribution in [-0.4, -0.2) is 90.1 Å². The number of likely N-dealkylation sites (N-methyl/N-ethyl adjacent to an activating group) is 1. The van der Waals surface area contributed by atoms with E-state index in [1.54, 1.807) is 23.2 Å². The molecule has 1 aromatic heterocycles. The number of carbonyl (C=O) groups excluding carboxylic acids is 2. The maximum Gasteiger partial charge on any atom is 0.318 e. The van der Waals surface area contributed by atoms with Crippen molar-refractivity contribution in [2.45, 2.75) is 70.1 Å². The molecular weight excluding hydrogens is 549 g/mol. The molecule has 4 rings (SSSR count). The second kappa shape index (κ2) is 13.9. The minimum absolute atomic E-state index is 0.000662. The summed E-state index contributed by atoms with van der Waals surface area (Å²) in [6.45, 7) is 6.79. The minimum atomic E-state index is -0.717. The van der Waals surface area contributed by atoms with Gasteiger partial charge in [0.2, 0.25) is 5.91 Å². The number of urea groups is 1. The van der Waals surface area contributed by atoms with Crippen molar-refractivity contribution in [1.29, 1.82) is 0 Å². The van der Waals surface area contributed by atoms with E-state index in [9.17, 15) is 9.59 Å². The van der Waals surface area contributed by atoms with Crippen molar-refractivity contribution in [2.75, 3.05) is 40.3 Å². The van der Waals surface area contributed by atoms with Gasteiger partial charge in [-0.15, -0.1) is 0 Å². The van der Waals surface area contributed by atoms with Crippen LogP contribution >= 0.6 is 23.2 Å². The van der Waals surface area contributed by atoms with Crippen molar-refractivity contribution >= 4 is 35.1 Å². The van der Waals surface area contributed by atoms with Crippen LogP contribution in [0.25, 0.3) is 0 Å². The molecular formula is C30H41Cl2N5O3. The second-order valence-electron chi connectivity index (χ2n) is 11.1. The Morgan fingerprint density at radius 3 is 2.42 bits per heavy atom. The van der Waals surface area contributed by atoms with Crippen LogP contribution in [0.5, 0.6) is 5.75 Å². The van der Waals surface area contributed by atoms with Gasteiger partial charge in [-0.3, -0.25) is 9.78 Å². The number of halogens is 2. The highest BCUT2D eigenvalue weighted by Gasteiger charge is 2.33. The molecule has 0 bridgehead atoms. The van der Waals surface area contributed by atoms with Gasteiger partial charge in [-0.05, 0) is 83.5 Å². The molecule has 0 unspecified atom stereocenters. The maximum absolute atomic E-state index is 13.8. The Morgan fingerprint density at radius 2 is 1.77 bits per heavy atom. The monoisotopic (exact) mass is 589 g/mol. The van der Waals surface area contributed by atoms with E-state index in [2.05, 4.69) is 24.1 Å². The number of nitrogens with zero attached hydrogens (tertiary/aromatic N) is 4. The second-order valence-corrected chi connectivity index (χ2v) is 12.0.